The van der Waals surface area contributed by atoms with Crippen molar-refractivity contribution in [1.29, 1.82) is 0 Å². The molecular formula is C22H23F3O3. The van der Waals surface area contributed by atoms with Crippen molar-refractivity contribution >= 4 is 5.97 Å². The van der Waals surface area contributed by atoms with E-state index in [0.717, 1.165) is 37.8 Å². The van der Waals surface area contributed by atoms with Crippen molar-refractivity contribution in [3.63, 3.8) is 0 Å². The molecule has 0 aliphatic heterocycles. The number of hydrogen-bond donors (Lipinski definition) is 1. The van der Waals surface area contributed by atoms with Gasteiger partial charge >= 0.3 is 12.1 Å². The summed E-state index contributed by atoms with van der Waals surface area (Å²) >= 11 is 0. The molecule has 0 amide bonds. The van der Waals surface area contributed by atoms with Gasteiger partial charge in [-0.05, 0) is 36.5 Å². The molecule has 1 aliphatic rings. The predicted molar refractivity (Wildman–Crippen MR) is 100 cm³/mol. The standard InChI is InChI=1S/C22H23F3O3/c23-22(24,25)18-11-9-16(10-12-18)19-8-4-7-17(13-20(26)27)21(19)28-14-15-5-2-1-3-6-15/h4,7-12,15H,1-3,5-6,13-14H2,(H,26,27). The molecule has 0 saturated heterocycles. The molecule has 0 aromatic heterocycles. The highest BCUT2D eigenvalue weighted by molar-refractivity contribution is 5.77. The van der Waals surface area contributed by atoms with Crippen LogP contribution in [-0.2, 0) is 17.4 Å². The number of alkyl halides is 3. The number of rotatable bonds is 6. The van der Waals surface area contributed by atoms with Gasteiger partial charge in [-0.25, -0.2) is 0 Å². The monoisotopic (exact) mass is 392 g/mol. The summed E-state index contributed by atoms with van der Waals surface area (Å²) in [5.74, 6) is -0.102. The fraction of sp³-hybridized carbons (Fsp3) is 0.409. The van der Waals surface area contributed by atoms with Crippen LogP contribution in [0.15, 0.2) is 42.5 Å². The van der Waals surface area contributed by atoms with Gasteiger partial charge in [-0.1, -0.05) is 49.6 Å². The Labute approximate surface area is 162 Å². The van der Waals surface area contributed by atoms with Crippen molar-refractivity contribution in [2.24, 2.45) is 5.92 Å². The highest BCUT2D eigenvalue weighted by Crippen LogP contribution is 2.37. The maximum absolute atomic E-state index is 12.8. The normalized spacial score (nSPS) is 15.4. The molecule has 6 heteroatoms. The predicted octanol–water partition coefficient (Wildman–Crippen LogP) is 5.96. The number of para-hydroxylation sites is 1. The topological polar surface area (TPSA) is 46.5 Å². The third-order valence-electron chi connectivity index (χ3n) is 5.15. The van der Waals surface area contributed by atoms with Gasteiger partial charge in [0.2, 0.25) is 0 Å². The minimum Gasteiger partial charge on any atom is -0.492 e. The van der Waals surface area contributed by atoms with E-state index in [1.54, 1.807) is 18.2 Å². The summed E-state index contributed by atoms with van der Waals surface area (Å²) in [6.45, 7) is 0.490. The van der Waals surface area contributed by atoms with Crippen molar-refractivity contribution in [1.82, 2.24) is 0 Å². The molecule has 0 unspecified atom stereocenters. The van der Waals surface area contributed by atoms with Gasteiger partial charge in [0.1, 0.15) is 5.75 Å². The lowest BCUT2D eigenvalue weighted by atomic mass is 9.90. The Balaban J connectivity index is 1.91. The second kappa shape index (κ2) is 8.67. The van der Waals surface area contributed by atoms with E-state index in [0.29, 0.717) is 35.0 Å². The number of carboxylic acids is 1. The Hall–Kier alpha value is -2.50. The molecule has 0 heterocycles. The van der Waals surface area contributed by atoms with E-state index in [2.05, 4.69) is 0 Å². The summed E-state index contributed by atoms with van der Waals surface area (Å²) in [4.78, 5) is 11.2. The molecule has 3 nitrogen and oxygen atoms in total. The van der Waals surface area contributed by atoms with E-state index >= 15 is 0 Å². The van der Waals surface area contributed by atoms with Gasteiger partial charge in [0.25, 0.3) is 0 Å². The summed E-state index contributed by atoms with van der Waals surface area (Å²) in [6.07, 6.45) is 1.11. The quantitative estimate of drug-likeness (QED) is 0.660. The molecule has 1 saturated carbocycles. The van der Waals surface area contributed by atoms with Gasteiger partial charge in [-0.15, -0.1) is 0 Å². The van der Waals surface area contributed by atoms with Crippen LogP contribution in [0.2, 0.25) is 0 Å². The molecule has 0 spiro atoms. The summed E-state index contributed by atoms with van der Waals surface area (Å²) in [6, 6.07) is 10.0. The minimum absolute atomic E-state index is 0.200. The number of benzene rings is 2. The van der Waals surface area contributed by atoms with Crippen LogP contribution in [0.3, 0.4) is 0 Å². The van der Waals surface area contributed by atoms with Crippen LogP contribution >= 0.6 is 0 Å². The third kappa shape index (κ3) is 5.06. The van der Waals surface area contributed by atoms with Crippen LogP contribution in [0.1, 0.15) is 43.2 Å². The number of ether oxygens (including phenoxy) is 1. The average Bonchev–Trinajstić information content (AvgIpc) is 2.66. The zero-order chi connectivity index (χ0) is 20.1. The maximum atomic E-state index is 12.8. The zero-order valence-electron chi connectivity index (χ0n) is 15.5. The van der Waals surface area contributed by atoms with E-state index in [-0.39, 0.29) is 6.42 Å². The SMILES string of the molecule is O=C(O)Cc1cccc(-c2ccc(C(F)(F)F)cc2)c1OCC1CCCCC1. The van der Waals surface area contributed by atoms with Crippen LogP contribution in [0, 0.1) is 5.92 Å². The van der Waals surface area contributed by atoms with Crippen molar-refractivity contribution in [2.75, 3.05) is 6.61 Å². The van der Waals surface area contributed by atoms with Crippen molar-refractivity contribution in [3.8, 4) is 16.9 Å². The maximum Gasteiger partial charge on any atom is 0.416 e. The van der Waals surface area contributed by atoms with Crippen LogP contribution in [-0.4, -0.2) is 17.7 Å². The summed E-state index contributed by atoms with van der Waals surface area (Å²) in [5.41, 5.74) is 0.991. The molecular weight excluding hydrogens is 369 g/mol. The molecule has 28 heavy (non-hydrogen) atoms. The van der Waals surface area contributed by atoms with E-state index in [1.165, 1.54) is 18.6 Å². The number of aliphatic carboxylic acids is 1. The van der Waals surface area contributed by atoms with Crippen LogP contribution in [0.4, 0.5) is 13.2 Å². The Morgan fingerprint density at radius 3 is 2.32 bits per heavy atom. The lowest BCUT2D eigenvalue weighted by molar-refractivity contribution is -0.138. The van der Waals surface area contributed by atoms with E-state index < -0.39 is 17.7 Å². The zero-order valence-corrected chi connectivity index (χ0v) is 15.5. The van der Waals surface area contributed by atoms with Crippen molar-refractivity contribution in [2.45, 2.75) is 44.7 Å². The fourth-order valence-electron chi connectivity index (χ4n) is 3.68. The van der Waals surface area contributed by atoms with Gasteiger partial charge in [-0.3, -0.25) is 4.79 Å². The first-order chi connectivity index (χ1) is 13.3. The van der Waals surface area contributed by atoms with Gasteiger partial charge in [-0.2, -0.15) is 13.2 Å². The number of halogens is 3. The summed E-state index contributed by atoms with van der Waals surface area (Å²) < 4.78 is 44.6. The lowest BCUT2D eigenvalue weighted by Crippen LogP contribution is -2.16. The first kappa shape index (κ1) is 20.2. The van der Waals surface area contributed by atoms with Gasteiger partial charge in [0.15, 0.2) is 0 Å². The number of carboxylic acid groups (broad SMARTS) is 1. The third-order valence-corrected chi connectivity index (χ3v) is 5.15. The second-order valence-corrected chi connectivity index (χ2v) is 7.25. The van der Waals surface area contributed by atoms with Gasteiger partial charge < -0.3 is 9.84 Å². The fourth-order valence-corrected chi connectivity index (χ4v) is 3.68. The second-order valence-electron chi connectivity index (χ2n) is 7.25. The Morgan fingerprint density at radius 1 is 1.04 bits per heavy atom. The van der Waals surface area contributed by atoms with Crippen LogP contribution in [0.5, 0.6) is 5.75 Å². The molecule has 0 radical (unpaired) electrons. The molecule has 1 fully saturated rings. The molecule has 1 aliphatic carbocycles. The van der Waals surface area contributed by atoms with Crippen LogP contribution < -0.4 is 4.74 Å². The van der Waals surface area contributed by atoms with Gasteiger partial charge in [0.05, 0.1) is 18.6 Å². The first-order valence-corrected chi connectivity index (χ1v) is 9.48. The highest BCUT2D eigenvalue weighted by Gasteiger charge is 2.30. The molecule has 0 bridgehead atoms. The Bertz CT molecular complexity index is 807. The van der Waals surface area contributed by atoms with Gasteiger partial charge in [0, 0.05) is 11.1 Å². The summed E-state index contributed by atoms with van der Waals surface area (Å²) in [7, 11) is 0. The van der Waals surface area contributed by atoms with E-state index in [1.807, 2.05) is 0 Å². The molecule has 2 aromatic rings. The highest BCUT2D eigenvalue weighted by atomic mass is 19.4. The molecule has 2 aromatic carbocycles. The Morgan fingerprint density at radius 2 is 1.71 bits per heavy atom. The molecule has 3 rings (SSSR count). The first-order valence-electron chi connectivity index (χ1n) is 9.48. The summed E-state index contributed by atoms with van der Waals surface area (Å²) in [5, 5.41) is 9.22. The smallest absolute Gasteiger partial charge is 0.416 e. The van der Waals surface area contributed by atoms with Crippen molar-refractivity contribution < 1.29 is 27.8 Å². The number of carbonyl (C=O) groups is 1. The average molecular weight is 392 g/mol. The van der Waals surface area contributed by atoms with Crippen LogP contribution in [0.25, 0.3) is 11.1 Å². The Kier molecular flexibility index (Phi) is 6.27. The van der Waals surface area contributed by atoms with E-state index in [9.17, 15) is 23.1 Å². The molecule has 1 N–H and O–H groups in total. The minimum atomic E-state index is -4.40. The largest absolute Gasteiger partial charge is 0.492 e. The number of hydrogen-bond acceptors (Lipinski definition) is 2. The molecule has 0 atom stereocenters. The van der Waals surface area contributed by atoms with E-state index in [4.69, 9.17) is 4.74 Å². The van der Waals surface area contributed by atoms with Crippen molar-refractivity contribution in [3.05, 3.63) is 53.6 Å². The molecule has 150 valence electrons. The lowest BCUT2D eigenvalue weighted by Gasteiger charge is -2.23.